The summed E-state index contributed by atoms with van der Waals surface area (Å²) in [7, 11) is -7.45. The highest BCUT2D eigenvalue weighted by Crippen LogP contribution is 2.42. The van der Waals surface area contributed by atoms with Crippen molar-refractivity contribution in [2.24, 2.45) is 9.98 Å². The van der Waals surface area contributed by atoms with Crippen molar-refractivity contribution in [1.29, 1.82) is 0 Å². The van der Waals surface area contributed by atoms with E-state index in [0.29, 0.717) is 0 Å². The predicted molar refractivity (Wildman–Crippen MR) is 183 cm³/mol. The molecule has 5 rings (SSSR count). The van der Waals surface area contributed by atoms with Gasteiger partial charge in [0.25, 0.3) is 18.0 Å². The molecule has 256 valence electrons. The summed E-state index contributed by atoms with van der Waals surface area (Å²) in [4.78, 5) is 23.7. The number of rotatable bonds is 8. The average molecular weight is 748 g/mol. The topological polar surface area (TPSA) is 174 Å². The zero-order chi connectivity index (χ0) is 34.4. The summed E-state index contributed by atoms with van der Waals surface area (Å²) in [5.74, 6) is -1.43. The van der Waals surface area contributed by atoms with Crippen LogP contribution < -0.4 is 25.7 Å². The maximum Gasteiger partial charge on any atom is 0.362 e. The Hall–Kier alpha value is -2.47. The Labute approximate surface area is 289 Å². The number of halogens is 3. The normalized spacial score (nSPS) is 26.1. The number of alkyl halides is 3. The van der Waals surface area contributed by atoms with E-state index >= 15 is 0 Å². The molecule has 2 aromatic carbocycles. The van der Waals surface area contributed by atoms with Crippen molar-refractivity contribution in [2.45, 2.75) is 66.5 Å². The Morgan fingerprint density at radius 1 is 1.06 bits per heavy atom. The van der Waals surface area contributed by atoms with Crippen LogP contribution in [0.5, 0.6) is 0 Å². The fraction of sp³-hybridized carbons (Fsp3) is 0.483. The number of guanidine groups is 2. The third-order valence-electron chi connectivity index (χ3n) is 8.44. The van der Waals surface area contributed by atoms with Crippen molar-refractivity contribution in [1.82, 2.24) is 20.3 Å². The van der Waals surface area contributed by atoms with Crippen LogP contribution >= 0.6 is 34.8 Å². The monoisotopic (exact) mass is 746 g/mol. The van der Waals surface area contributed by atoms with Crippen molar-refractivity contribution >= 4 is 81.6 Å². The second-order valence-corrected chi connectivity index (χ2v) is 20.3. The fourth-order valence-corrected chi connectivity index (χ4v) is 12.0. The van der Waals surface area contributed by atoms with Gasteiger partial charge in [-0.05, 0) is 22.3 Å². The Bertz CT molecular complexity index is 1600. The van der Waals surface area contributed by atoms with E-state index in [1.807, 2.05) is 60.7 Å². The minimum absolute atomic E-state index is 0.0971. The van der Waals surface area contributed by atoms with Gasteiger partial charge in [-0.25, -0.2) is 14.7 Å². The van der Waals surface area contributed by atoms with Crippen molar-refractivity contribution in [3.63, 3.8) is 0 Å². The Morgan fingerprint density at radius 2 is 1.64 bits per heavy atom. The van der Waals surface area contributed by atoms with E-state index in [4.69, 9.17) is 48.4 Å². The van der Waals surface area contributed by atoms with Gasteiger partial charge in [-0.2, -0.15) is 8.42 Å². The molecule has 3 aliphatic heterocycles. The largest absolute Gasteiger partial charge is 0.405 e. The van der Waals surface area contributed by atoms with Crippen LogP contribution in [-0.4, -0.2) is 103 Å². The Morgan fingerprint density at radius 3 is 2.15 bits per heavy atom. The number of carbonyl (C=O) groups excluding carboxylic acids is 1. The lowest BCUT2D eigenvalue weighted by atomic mass is 9.88. The van der Waals surface area contributed by atoms with E-state index in [-0.39, 0.29) is 31.7 Å². The highest BCUT2D eigenvalue weighted by atomic mass is 35.6. The van der Waals surface area contributed by atoms with Crippen LogP contribution in [0.2, 0.25) is 5.04 Å². The standard InChI is InChI=1S/C29H37Cl3N6O7SSi/c1-5-44-46(42,43)37-25-34-22-20(33-26(35-24(41)29(30,31)32)38-16-21(39)23(40)28(22,38)36-25)17-45-47(27(2,3)4,18-12-8-6-9-13-18)19-14-10-7-11-15-19/h6-15,20-23,39-40H,5,16-17H2,1-4H3,(H,33,35,41)(H2,34,36,37)/t20-,21-,22?,23-,28?/m0/s1. The van der Waals surface area contributed by atoms with Crippen LogP contribution in [0.1, 0.15) is 27.7 Å². The molecule has 2 unspecified atom stereocenters. The van der Waals surface area contributed by atoms with Crippen LogP contribution in [-0.2, 0) is 23.7 Å². The molecule has 0 bridgehead atoms. The molecule has 1 amide bonds. The summed E-state index contributed by atoms with van der Waals surface area (Å²) in [6, 6.07) is 17.7. The van der Waals surface area contributed by atoms with Crippen LogP contribution in [0, 0.1) is 0 Å². The molecule has 18 heteroatoms. The lowest BCUT2D eigenvalue weighted by molar-refractivity contribution is -0.119. The molecule has 2 aromatic rings. The molecular weight excluding hydrogens is 711 g/mol. The molecule has 5 atom stereocenters. The quantitative estimate of drug-likeness (QED) is 0.193. The maximum atomic E-state index is 12.9. The first-order chi connectivity index (χ1) is 22.0. The molecule has 1 fully saturated rings. The van der Waals surface area contributed by atoms with E-state index in [1.54, 1.807) is 0 Å². The number of aliphatic hydroxyl groups is 2. The summed E-state index contributed by atoms with van der Waals surface area (Å²) in [5.41, 5.74) is -1.69. The van der Waals surface area contributed by atoms with Crippen molar-refractivity contribution in [2.75, 3.05) is 19.8 Å². The van der Waals surface area contributed by atoms with E-state index < -0.39 is 63.3 Å². The number of aliphatic hydroxyl groups excluding tert-OH is 2. The first kappa shape index (κ1) is 35.8. The first-order valence-corrected chi connectivity index (χ1v) is 19.3. The lowest BCUT2D eigenvalue weighted by Gasteiger charge is -2.48. The second kappa shape index (κ2) is 13.1. The highest BCUT2D eigenvalue weighted by molar-refractivity contribution is 7.85. The minimum atomic E-state index is -4.31. The smallest absolute Gasteiger partial charge is 0.362 e. The van der Waals surface area contributed by atoms with E-state index in [1.165, 1.54) is 11.8 Å². The number of aliphatic imine (C=N–C) groups is 2. The number of nitrogens with one attached hydrogen (secondary N) is 3. The molecule has 0 radical (unpaired) electrons. The lowest BCUT2D eigenvalue weighted by Crippen LogP contribution is -2.74. The summed E-state index contributed by atoms with van der Waals surface area (Å²) in [6.45, 7) is 7.35. The third kappa shape index (κ3) is 6.61. The highest BCUT2D eigenvalue weighted by Gasteiger charge is 2.66. The van der Waals surface area contributed by atoms with Gasteiger partial charge in [0.15, 0.2) is 5.66 Å². The summed E-state index contributed by atoms with van der Waals surface area (Å²) >= 11 is 17.6. The van der Waals surface area contributed by atoms with Crippen LogP contribution in [0.4, 0.5) is 0 Å². The average Bonchev–Trinajstić information content (AvgIpc) is 3.49. The van der Waals surface area contributed by atoms with Crippen LogP contribution in [0.3, 0.4) is 0 Å². The molecule has 5 N–H and O–H groups in total. The SMILES string of the molecule is CCOS(=O)(=O)NC1=NC2[C@H](CO[Si](c3ccccc3)(c3ccccc3)C(C)(C)C)N=C(NC(=O)C(Cl)(Cl)Cl)N3C[C@H](O)[C@H](O)C23N1. The van der Waals surface area contributed by atoms with Gasteiger partial charge >= 0.3 is 10.3 Å². The molecule has 0 aliphatic carbocycles. The fourth-order valence-electron chi connectivity index (χ4n) is 6.57. The Kier molecular flexibility index (Phi) is 9.98. The number of nitrogens with zero attached hydrogens (tertiary/aromatic N) is 3. The summed E-state index contributed by atoms with van der Waals surface area (Å²) < 4.78 is 37.0. The van der Waals surface area contributed by atoms with Crippen LogP contribution in [0.25, 0.3) is 0 Å². The van der Waals surface area contributed by atoms with Gasteiger partial charge in [-0.15, -0.1) is 0 Å². The van der Waals surface area contributed by atoms with Gasteiger partial charge in [-0.1, -0.05) is 116 Å². The summed E-state index contributed by atoms with van der Waals surface area (Å²) in [6.07, 6.45) is -2.91. The van der Waals surface area contributed by atoms with E-state index in [2.05, 4.69) is 41.1 Å². The number of amides is 1. The van der Waals surface area contributed by atoms with Gasteiger partial charge in [-0.3, -0.25) is 14.3 Å². The molecule has 1 saturated heterocycles. The van der Waals surface area contributed by atoms with E-state index in [0.717, 1.165) is 10.4 Å². The molecule has 0 aromatic heterocycles. The molecule has 3 heterocycles. The number of carbonyl (C=O) groups is 1. The van der Waals surface area contributed by atoms with Gasteiger partial charge in [0.2, 0.25) is 11.9 Å². The maximum absolute atomic E-state index is 12.9. The van der Waals surface area contributed by atoms with Gasteiger partial charge < -0.3 is 24.9 Å². The molecule has 13 nitrogen and oxygen atoms in total. The van der Waals surface area contributed by atoms with Crippen molar-refractivity contribution < 1.29 is 32.0 Å². The van der Waals surface area contributed by atoms with Gasteiger partial charge in [0.05, 0.1) is 19.8 Å². The minimum Gasteiger partial charge on any atom is -0.405 e. The summed E-state index contributed by atoms with van der Waals surface area (Å²) in [5, 5.41) is 29.4. The molecule has 1 spiro atoms. The molecule has 3 aliphatic rings. The van der Waals surface area contributed by atoms with Crippen molar-refractivity contribution in [3.8, 4) is 0 Å². The molecular formula is C29H37Cl3N6O7SSi. The number of hydrogen-bond donors (Lipinski definition) is 5. The van der Waals surface area contributed by atoms with Gasteiger partial charge in [0.1, 0.15) is 24.3 Å². The zero-order valence-corrected chi connectivity index (χ0v) is 30.1. The predicted octanol–water partition coefficient (Wildman–Crippen LogP) is 0.720. The first-order valence-electron chi connectivity index (χ1n) is 14.8. The Balaban J connectivity index is 1.64. The number of hydrogen-bond acceptors (Lipinski definition) is 11. The number of benzene rings is 2. The zero-order valence-electron chi connectivity index (χ0n) is 26.0. The van der Waals surface area contributed by atoms with Crippen LogP contribution in [0.15, 0.2) is 70.6 Å². The van der Waals surface area contributed by atoms with E-state index in [9.17, 15) is 23.4 Å². The second-order valence-electron chi connectivity index (χ2n) is 12.4. The molecule has 47 heavy (non-hydrogen) atoms. The van der Waals surface area contributed by atoms with Gasteiger partial charge in [0, 0.05) is 0 Å². The third-order valence-corrected chi connectivity index (χ3v) is 15.0. The van der Waals surface area contributed by atoms with Crippen molar-refractivity contribution in [3.05, 3.63) is 60.7 Å². The molecule has 0 saturated carbocycles.